The van der Waals surface area contributed by atoms with Crippen molar-refractivity contribution in [1.29, 1.82) is 5.26 Å². The molecule has 0 spiro atoms. The molecule has 7 nitrogen and oxygen atoms in total. The number of hydrogen-bond acceptors (Lipinski definition) is 7. The number of alkyl halides is 1. The normalized spacial score (nSPS) is 31.9. The SMILES string of the molecule is N#C[C@@H]1C[C@H](C(=O)C(F)NC23CCC(C(=O)Nc4nc5ccc(F)cc5s4)(CC2)CC3)CN1. The predicted octanol–water partition coefficient (Wildman–Crippen LogP) is 3.42. The molecule has 6 rings (SSSR count). The molecule has 3 atom stereocenters. The van der Waals surface area contributed by atoms with Crippen molar-refractivity contribution in [1.82, 2.24) is 15.6 Å². The molecular weight excluding hydrogens is 448 g/mol. The monoisotopic (exact) mass is 473 g/mol. The molecule has 0 radical (unpaired) electrons. The molecule has 10 heteroatoms. The van der Waals surface area contributed by atoms with Gasteiger partial charge in [0.25, 0.3) is 0 Å². The van der Waals surface area contributed by atoms with Gasteiger partial charge < -0.3 is 10.6 Å². The number of anilines is 1. The molecule has 4 aliphatic rings. The molecule has 3 N–H and O–H groups in total. The van der Waals surface area contributed by atoms with Crippen molar-refractivity contribution in [2.24, 2.45) is 11.3 Å². The Labute approximate surface area is 193 Å². The second-order valence-electron chi connectivity index (χ2n) is 9.58. The van der Waals surface area contributed by atoms with E-state index in [0.29, 0.717) is 66.8 Å². The standard InChI is InChI=1S/C23H25F2N5O2S/c24-14-1-2-16-17(10-14)33-21(28-16)29-20(32)22-3-6-23(7-4-22,8-5-22)30-19(25)18(31)13-9-15(11-26)27-12-13/h1-2,10,13,15,19,27,30H,3-9,12H2,(H,28,29,32)/t13-,15-,19?,22?,23?/m0/s1. The minimum Gasteiger partial charge on any atom is -0.301 e. The minimum atomic E-state index is -1.77. The van der Waals surface area contributed by atoms with Gasteiger partial charge >= 0.3 is 0 Å². The van der Waals surface area contributed by atoms with Crippen LogP contribution < -0.4 is 16.0 Å². The molecule has 1 saturated heterocycles. The molecule has 4 fully saturated rings. The summed E-state index contributed by atoms with van der Waals surface area (Å²) in [6.45, 7) is 0.327. The van der Waals surface area contributed by atoms with E-state index < -0.39 is 35.0 Å². The Hall–Kier alpha value is -2.48. The fraction of sp³-hybridized carbons (Fsp3) is 0.565. The van der Waals surface area contributed by atoms with Crippen LogP contribution in [0.15, 0.2) is 18.2 Å². The maximum atomic E-state index is 14.9. The third-order valence-corrected chi connectivity index (χ3v) is 8.60. The van der Waals surface area contributed by atoms with Crippen molar-refractivity contribution in [2.45, 2.75) is 62.8 Å². The lowest BCUT2D eigenvalue weighted by atomic mass is 9.57. The number of ketones is 1. The van der Waals surface area contributed by atoms with E-state index in [9.17, 15) is 18.4 Å². The third kappa shape index (κ3) is 4.14. The van der Waals surface area contributed by atoms with Gasteiger partial charge in [-0.25, -0.2) is 13.8 Å². The van der Waals surface area contributed by atoms with Crippen molar-refractivity contribution in [3.8, 4) is 6.07 Å². The summed E-state index contributed by atoms with van der Waals surface area (Å²) in [5.74, 6) is -1.43. The number of amides is 1. The number of nitriles is 1. The number of carbonyl (C=O) groups is 2. The highest BCUT2D eigenvalue weighted by Gasteiger charge is 2.53. The first kappa shape index (κ1) is 22.3. The summed E-state index contributed by atoms with van der Waals surface area (Å²) in [4.78, 5) is 30.1. The second-order valence-corrected chi connectivity index (χ2v) is 10.6. The summed E-state index contributed by atoms with van der Waals surface area (Å²) in [5, 5.41) is 18.2. The van der Waals surface area contributed by atoms with E-state index in [-0.39, 0.29) is 11.7 Å². The summed E-state index contributed by atoms with van der Waals surface area (Å²) >= 11 is 1.24. The van der Waals surface area contributed by atoms with Gasteiger partial charge in [0.2, 0.25) is 12.2 Å². The molecule has 2 bridgehead atoms. The summed E-state index contributed by atoms with van der Waals surface area (Å²) < 4.78 is 29.0. The first-order chi connectivity index (χ1) is 15.8. The van der Waals surface area contributed by atoms with Crippen LogP contribution in [0.25, 0.3) is 10.2 Å². The van der Waals surface area contributed by atoms with Gasteiger partial charge in [-0.15, -0.1) is 0 Å². The number of halogens is 2. The Morgan fingerprint density at radius 1 is 1.24 bits per heavy atom. The van der Waals surface area contributed by atoms with Crippen LogP contribution in [0, 0.1) is 28.5 Å². The number of nitrogens with one attached hydrogen (secondary N) is 3. The number of aromatic nitrogens is 1. The lowest BCUT2D eigenvalue weighted by Gasteiger charge is -2.53. The fourth-order valence-electron chi connectivity index (χ4n) is 5.52. The van der Waals surface area contributed by atoms with Crippen molar-refractivity contribution < 1.29 is 18.4 Å². The number of rotatable bonds is 6. The zero-order chi connectivity index (χ0) is 23.2. The molecule has 1 aromatic heterocycles. The van der Waals surface area contributed by atoms with Gasteiger partial charge in [0.15, 0.2) is 10.9 Å². The molecule has 3 aliphatic carbocycles. The minimum absolute atomic E-state index is 0.0946. The van der Waals surface area contributed by atoms with Gasteiger partial charge in [-0.3, -0.25) is 14.9 Å². The lowest BCUT2D eigenvalue weighted by molar-refractivity contribution is -0.136. The van der Waals surface area contributed by atoms with Crippen LogP contribution in [0.1, 0.15) is 44.9 Å². The zero-order valence-electron chi connectivity index (χ0n) is 18.0. The summed E-state index contributed by atoms with van der Waals surface area (Å²) in [6, 6.07) is 6.01. The van der Waals surface area contributed by atoms with Crippen LogP contribution in [0.3, 0.4) is 0 Å². The molecule has 2 aromatic rings. The Balaban J connectivity index is 1.20. The largest absolute Gasteiger partial charge is 0.301 e. The van der Waals surface area contributed by atoms with Crippen LogP contribution in [-0.2, 0) is 9.59 Å². The topological polar surface area (TPSA) is 107 Å². The van der Waals surface area contributed by atoms with Crippen LogP contribution in [-0.4, -0.2) is 41.1 Å². The van der Waals surface area contributed by atoms with Gasteiger partial charge in [-0.1, -0.05) is 11.3 Å². The molecule has 2 heterocycles. The number of thiazole rings is 1. The number of benzene rings is 1. The molecular formula is C23H25F2N5O2S. The van der Waals surface area contributed by atoms with E-state index in [2.05, 4.69) is 27.0 Å². The van der Waals surface area contributed by atoms with E-state index >= 15 is 0 Å². The van der Waals surface area contributed by atoms with E-state index in [1.807, 2.05) is 0 Å². The van der Waals surface area contributed by atoms with Crippen molar-refractivity contribution >= 4 is 38.4 Å². The van der Waals surface area contributed by atoms with Gasteiger partial charge in [-0.2, -0.15) is 5.26 Å². The van der Waals surface area contributed by atoms with Gasteiger partial charge in [-0.05, 0) is 63.1 Å². The van der Waals surface area contributed by atoms with Crippen molar-refractivity contribution in [3.63, 3.8) is 0 Å². The van der Waals surface area contributed by atoms with Crippen molar-refractivity contribution in [3.05, 3.63) is 24.0 Å². The highest BCUT2D eigenvalue weighted by Crippen LogP contribution is 2.53. The van der Waals surface area contributed by atoms with Gasteiger partial charge in [0.1, 0.15) is 5.82 Å². The first-order valence-electron chi connectivity index (χ1n) is 11.3. The van der Waals surface area contributed by atoms with E-state index in [0.717, 1.165) is 0 Å². The molecule has 174 valence electrons. The van der Waals surface area contributed by atoms with Gasteiger partial charge in [0.05, 0.1) is 22.3 Å². The Morgan fingerprint density at radius 3 is 2.64 bits per heavy atom. The fourth-order valence-corrected chi connectivity index (χ4v) is 6.41. The molecule has 1 aliphatic heterocycles. The molecule has 33 heavy (non-hydrogen) atoms. The Kier molecular flexibility index (Phi) is 5.67. The summed E-state index contributed by atoms with van der Waals surface area (Å²) in [6.07, 6.45) is 2.23. The average molecular weight is 474 g/mol. The molecule has 1 aromatic carbocycles. The zero-order valence-corrected chi connectivity index (χ0v) is 18.8. The summed E-state index contributed by atoms with van der Waals surface area (Å²) in [7, 11) is 0. The van der Waals surface area contributed by atoms with E-state index in [4.69, 9.17) is 5.26 Å². The number of hydrogen-bond donors (Lipinski definition) is 3. The second kappa shape index (κ2) is 8.38. The molecule has 3 saturated carbocycles. The first-order valence-corrected chi connectivity index (χ1v) is 12.1. The number of nitrogens with zero attached hydrogens (tertiary/aromatic N) is 2. The van der Waals surface area contributed by atoms with E-state index in [1.165, 1.54) is 23.5 Å². The van der Waals surface area contributed by atoms with Crippen molar-refractivity contribution in [2.75, 3.05) is 11.9 Å². The van der Waals surface area contributed by atoms with Crippen LogP contribution in [0.2, 0.25) is 0 Å². The third-order valence-electron chi connectivity index (χ3n) is 7.67. The average Bonchev–Trinajstić information content (AvgIpc) is 3.45. The maximum absolute atomic E-state index is 14.9. The Morgan fingerprint density at radius 2 is 1.97 bits per heavy atom. The quantitative estimate of drug-likeness (QED) is 0.555. The molecule has 1 amide bonds. The van der Waals surface area contributed by atoms with Gasteiger partial charge in [0, 0.05) is 23.4 Å². The van der Waals surface area contributed by atoms with Crippen LogP contribution in [0.4, 0.5) is 13.9 Å². The number of carbonyl (C=O) groups excluding carboxylic acids is 2. The molecule has 1 unspecified atom stereocenters. The predicted molar refractivity (Wildman–Crippen MR) is 120 cm³/mol. The number of fused-ring (bicyclic) bond motifs is 4. The van der Waals surface area contributed by atoms with Crippen LogP contribution >= 0.6 is 11.3 Å². The maximum Gasteiger partial charge on any atom is 0.232 e. The lowest BCUT2D eigenvalue weighted by Crippen LogP contribution is -2.60. The smallest absolute Gasteiger partial charge is 0.232 e. The Bertz CT molecular complexity index is 1120. The number of Topliss-reactive ketones (excluding diaryl/α,β-unsaturated/α-hetero) is 1. The highest BCUT2D eigenvalue weighted by atomic mass is 32.1. The highest BCUT2D eigenvalue weighted by molar-refractivity contribution is 7.22. The van der Waals surface area contributed by atoms with Crippen LogP contribution in [0.5, 0.6) is 0 Å². The summed E-state index contributed by atoms with van der Waals surface area (Å²) in [5.41, 5.74) is -0.370. The van der Waals surface area contributed by atoms with E-state index in [1.54, 1.807) is 6.07 Å².